The van der Waals surface area contributed by atoms with Crippen LogP contribution in [0.3, 0.4) is 0 Å². The highest BCUT2D eigenvalue weighted by molar-refractivity contribution is 7.25. The molecule has 0 aliphatic rings. The standard InChI is InChI=1S/C50H30N4S/c1-5-19-44-37(15-1)38-16-2-6-20-45(38)53(44)35-13-9-11-31(27-35)33-24-26-48-41(29-33)49-50(55-48)52-42-25-23-34(30-43(42)51-49)32-12-10-14-36(28-32)54-46-21-7-3-17-39(46)40-18-4-8-22-47(40)54/h1-30H. The number of benzene rings is 8. The Labute approximate surface area is 319 Å². The van der Waals surface area contributed by atoms with Crippen molar-refractivity contribution >= 4 is 86.4 Å². The van der Waals surface area contributed by atoms with Gasteiger partial charge in [0.05, 0.1) is 33.1 Å². The van der Waals surface area contributed by atoms with Crippen molar-refractivity contribution in [2.24, 2.45) is 0 Å². The van der Waals surface area contributed by atoms with Gasteiger partial charge in [-0.15, -0.1) is 11.3 Å². The van der Waals surface area contributed by atoms with Gasteiger partial charge in [-0.05, 0) is 95.1 Å². The summed E-state index contributed by atoms with van der Waals surface area (Å²) in [7, 11) is 0. The lowest BCUT2D eigenvalue weighted by molar-refractivity contribution is 1.18. The number of rotatable bonds is 4. The molecule has 0 fully saturated rings. The molecular formula is C50H30N4S. The SMILES string of the molecule is c1cc(-c2ccc3nc4sc5ccc(-c6cccc(-n7c8ccccc8c8ccccc87)c6)cc5c4nc3c2)cc(-n2c3ccccc3c3ccccc32)c1. The molecule has 12 rings (SSSR count). The molecule has 5 heteroatoms. The van der Waals surface area contributed by atoms with Gasteiger partial charge in [0.15, 0.2) is 0 Å². The van der Waals surface area contributed by atoms with Crippen LogP contribution in [0.1, 0.15) is 0 Å². The van der Waals surface area contributed by atoms with Crippen LogP contribution in [0.5, 0.6) is 0 Å². The Morgan fingerprint density at radius 3 is 1.36 bits per heavy atom. The van der Waals surface area contributed by atoms with E-state index in [4.69, 9.17) is 9.97 Å². The van der Waals surface area contributed by atoms with Gasteiger partial charge in [-0.3, -0.25) is 0 Å². The molecule has 0 unspecified atom stereocenters. The van der Waals surface area contributed by atoms with Gasteiger partial charge in [0.2, 0.25) is 0 Å². The predicted octanol–water partition coefficient (Wildman–Crippen LogP) is 13.5. The summed E-state index contributed by atoms with van der Waals surface area (Å²) in [5.41, 5.74) is 14.4. The minimum absolute atomic E-state index is 0.894. The first-order valence-corrected chi connectivity index (χ1v) is 19.4. The second-order valence-electron chi connectivity index (χ2n) is 14.2. The first kappa shape index (κ1) is 30.4. The van der Waals surface area contributed by atoms with Crippen molar-refractivity contribution in [2.75, 3.05) is 0 Å². The number of hydrogen-bond acceptors (Lipinski definition) is 3. The summed E-state index contributed by atoms with van der Waals surface area (Å²) < 4.78 is 5.93. The Morgan fingerprint density at radius 1 is 0.345 bits per heavy atom. The Kier molecular flexibility index (Phi) is 6.47. The van der Waals surface area contributed by atoms with Crippen LogP contribution in [0.15, 0.2) is 182 Å². The molecule has 0 saturated carbocycles. The van der Waals surface area contributed by atoms with E-state index in [1.54, 1.807) is 11.3 Å². The summed E-state index contributed by atoms with van der Waals surface area (Å²) in [6, 6.07) is 65.5. The molecule has 4 aromatic heterocycles. The van der Waals surface area contributed by atoms with E-state index in [1.807, 2.05) is 0 Å². The molecule has 0 spiro atoms. The summed E-state index contributed by atoms with van der Waals surface area (Å²) >= 11 is 1.71. The van der Waals surface area contributed by atoms with Crippen molar-refractivity contribution < 1.29 is 0 Å². The number of aromatic nitrogens is 4. The Bertz CT molecular complexity index is 3400. The van der Waals surface area contributed by atoms with E-state index in [2.05, 4.69) is 191 Å². The van der Waals surface area contributed by atoms with Crippen LogP contribution in [0.4, 0.5) is 0 Å². The summed E-state index contributed by atoms with van der Waals surface area (Å²) in [5.74, 6) is 0. The normalized spacial score (nSPS) is 12.0. The van der Waals surface area contributed by atoms with Crippen LogP contribution >= 0.6 is 11.3 Å². The van der Waals surface area contributed by atoms with Crippen LogP contribution in [-0.2, 0) is 0 Å². The number of thiophene rings is 1. The van der Waals surface area contributed by atoms with Gasteiger partial charge < -0.3 is 9.13 Å². The van der Waals surface area contributed by atoms with Crippen LogP contribution in [0.25, 0.3) is 109 Å². The van der Waals surface area contributed by atoms with Crippen molar-refractivity contribution in [1.29, 1.82) is 0 Å². The van der Waals surface area contributed by atoms with E-state index >= 15 is 0 Å². The second kappa shape index (κ2) is 11.7. The molecule has 8 aromatic carbocycles. The first-order chi connectivity index (χ1) is 27.2. The topological polar surface area (TPSA) is 35.6 Å². The van der Waals surface area contributed by atoms with Crippen molar-refractivity contribution in [3.8, 4) is 33.6 Å². The Morgan fingerprint density at radius 2 is 0.818 bits per heavy atom. The van der Waals surface area contributed by atoms with Crippen LogP contribution in [0.2, 0.25) is 0 Å². The van der Waals surface area contributed by atoms with E-state index in [-0.39, 0.29) is 0 Å². The molecule has 256 valence electrons. The first-order valence-electron chi connectivity index (χ1n) is 18.6. The van der Waals surface area contributed by atoms with Gasteiger partial charge >= 0.3 is 0 Å². The lowest BCUT2D eigenvalue weighted by Crippen LogP contribution is -1.94. The van der Waals surface area contributed by atoms with Crippen molar-refractivity contribution in [3.63, 3.8) is 0 Å². The lowest BCUT2D eigenvalue weighted by Gasteiger charge is -2.11. The Hall–Kier alpha value is -7.08. The predicted molar refractivity (Wildman–Crippen MR) is 232 cm³/mol. The molecule has 0 saturated heterocycles. The van der Waals surface area contributed by atoms with Gasteiger partial charge in [-0.2, -0.15) is 0 Å². The molecule has 0 atom stereocenters. The maximum absolute atomic E-state index is 5.31. The molecule has 0 aliphatic heterocycles. The fourth-order valence-corrected chi connectivity index (χ4v) is 9.61. The quantitative estimate of drug-likeness (QED) is 0.182. The Balaban J connectivity index is 0.959. The van der Waals surface area contributed by atoms with Crippen LogP contribution in [-0.4, -0.2) is 19.1 Å². The number of fused-ring (bicyclic) bond motifs is 10. The smallest absolute Gasteiger partial charge is 0.143 e. The largest absolute Gasteiger partial charge is 0.309 e. The molecule has 0 N–H and O–H groups in total. The molecule has 0 amide bonds. The van der Waals surface area contributed by atoms with E-state index in [0.29, 0.717) is 0 Å². The second-order valence-corrected chi connectivity index (χ2v) is 15.3. The van der Waals surface area contributed by atoms with Crippen molar-refractivity contribution in [2.45, 2.75) is 0 Å². The zero-order valence-corrected chi connectivity index (χ0v) is 30.3. The molecule has 0 bridgehead atoms. The molecule has 4 heterocycles. The summed E-state index contributed by atoms with van der Waals surface area (Å²) in [6.07, 6.45) is 0. The third-order valence-electron chi connectivity index (χ3n) is 11.1. The number of nitrogens with zero attached hydrogens (tertiary/aromatic N) is 4. The van der Waals surface area contributed by atoms with E-state index in [1.165, 1.54) is 53.9 Å². The molecule has 4 nitrogen and oxygen atoms in total. The van der Waals surface area contributed by atoms with Crippen LogP contribution < -0.4 is 0 Å². The zero-order chi connectivity index (χ0) is 36.0. The van der Waals surface area contributed by atoms with Gasteiger partial charge in [0, 0.05) is 43.0 Å². The van der Waals surface area contributed by atoms with E-state index in [9.17, 15) is 0 Å². The zero-order valence-electron chi connectivity index (χ0n) is 29.5. The van der Waals surface area contributed by atoms with Gasteiger partial charge in [-0.25, -0.2) is 9.97 Å². The molecule has 0 aliphatic carbocycles. The third-order valence-corrected chi connectivity index (χ3v) is 12.2. The lowest BCUT2D eigenvalue weighted by atomic mass is 10.0. The molecule has 0 radical (unpaired) electrons. The molecule has 55 heavy (non-hydrogen) atoms. The average Bonchev–Trinajstić information content (AvgIpc) is 3.90. The minimum Gasteiger partial charge on any atom is -0.309 e. The van der Waals surface area contributed by atoms with E-state index in [0.717, 1.165) is 54.8 Å². The van der Waals surface area contributed by atoms with Gasteiger partial charge in [-0.1, -0.05) is 109 Å². The summed E-state index contributed by atoms with van der Waals surface area (Å²) in [4.78, 5) is 11.4. The molecular weight excluding hydrogens is 689 g/mol. The number of para-hydroxylation sites is 4. The maximum atomic E-state index is 5.31. The number of hydrogen-bond donors (Lipinski definition) is 0. The average molecular weight is 719 g/mol. The third kappa shape index (κ3) is 4.64. The van der Waals surface area contributed by atoms with Crippen LogP contribution in [0, 0.1) is 0 Å². The fraction of sp³-hybridized carbons (Fsp3) is 0. The summed E-state index contributed by atoms with van der Waals surface area (Å²) in [6.45, 7) is 0. The van der Waals surface area contributed by atoms with Gasteiger partial charge in [0.25, 0.3) is 0 Å². The highest BCUT2D eigenvalue weighted by Gasteiger charge is 2.16. The van der Waals surface area contributed by atoms with Crippen molar-refractivity contribution in [1.82, 2.24) is 19.1 Å². The van der Waals surface area contributed by atoms with E-state index < -0.39 is 0 Å². The highest BCUT2D eigenvalue weighted by Crippen LogP contribution is 2.39. The minimum atomic E-state index is 0.894. The fourth-order valence-electron chi connectivity index (χ4n) is 8.60. The maximum Gasteiger partial charge on any atom is 0.143 e. The van der Waals surface area contributed by atoms with Crippen molar-refractivity contribution in [3.05, 3.63) is 182 Å². The van der Waals surface area contributed by atoms with Gasteiger partial charge in [0.1, 0.15) is 10.3 Å². The highest BCUT2D eigenvalue weighted by atomic mass is 32.1. The molecule has 12 aromatic rings. The summed E-state index contributed by atoms with van der Waals surface area (Å²) in [5, 5.41) is 6.18. The monoisotopic (exact) mass is 718 g/mol.